The second-order valence-corrected chi connectivity index (χ2v) is 10.5. The van der Waals surface area contributed by atoms with Gasteiger partial charge < -0.3 is 5.32 Å². The van der Waals surface area contributed by atoms with E-state index in [1.165, 1.54) is 28.6 Å². The average Bonchev–Trinajstić information content (AvgIpc) is 3.24. The number of carbonyl (C=O) groups is 1. The van der Waals surface area contributed by atoms with E-state index in [0.29, 0.717) is 18.8 Å². The fourth-order valence-electron chi connectivity index (χ4n) is 3.01. The van der Waals surface area contributed by atoms with Gasteiger partial charge in [-0.25, -0.2) is 25.9 Å². The molecule has 2 aromatic rings. The van der Waals surface area contributed by atoms with Crippen LogP contribution in [0.1, 0.15) is 19.3 Å². The van der Waals surface area contributed by atoms with Crippen molar-refractivity contribution in [2.24, 2.45) is 0 Å². The first-order valence-corrected chi connectivity index (χ1v) is 12.3. The van der Waals surface area contributed by atoms with Crippen molar-refractivity contribution in [3.8, 4) is 0 Å². The van der Waals surface area contributed by atoms with Crippen molar-refractivity contribution in [3.05, 3.63) is 54.3 Å². The fraction of sp³-hybridized carbons (Fsp3) is 0.316. The molecule has 1 amide bonds. The second-order valence-electron chi connectivity index (χ2n) is 6.79. The molecular formula is C19H22FN3O5S2. The van der Waals surface area contributed by atoms with Gasteiger partial charge >= 0.3 is 0 Å². The number of anilines is 1. The van der Waals surface area contributed by atoms with E-state index < -0.39 is 31.8 Å². The van der Waals surface area contributed by atoms with E-state index in [1.54, 1.807) is 0 Å². The summed E-state index contributed by atoms with van der Waals surface area (Å²) < 4.78 is 65.8. The number of nitrogens with one attached hydrogen (secondary N) is 2. The Morgan fingerprint density at radius 3 is 2.07 bits per heavy atom. The molecular weight excluding hydrogens is 433 g/mol. The van der Waals surface area contributed by atoms with Gasteiger partial charge in [-0.3, -0.25) is 4.79 Å². The molecule has 1 aliphatic rings. The van der Waals surface area contributed by atoms with Crippen molar-refractivity contribution in [1.82, 2.24) is 9.03 Å². The Bertz CT molecular complexity index is 1100. The lowest BCUT2D eigenvalue weighted by molar-refractivity contribution is -0.116. The van der Waals surface area contributed by atoms with E-state index >= 15 is 0 Å². The van der Waals surface area contributed by atoms with Crippen LogP contribution in [-0.4, -0.2) is 46.7 Å². The van der Waals surface area contributed by atoms with Crippen molar-refractivity contribution in [2.45, 2.75) is 29.1 Å². The summed E-state index contributed by atoms with van der Waals surface area (Å²) >= 11 is 0. The second kappa shape index (κ2) is 9.21. The number of nitrogens with zero attached hydrogens (tertiary/aromatic N) is 1. The molecule has 162 valence electrons. The first-order valence-electron chi connectivity index (χ1n) is 9.34. The van der Waals surface area contributed by atoms with E-state index in [-0.39, 0.29) is 22.8 Å². The maximum atomic E-state index is 12.9. The number of amides is 1. The van der Waals surface area contributed by atoms with Gasteiger partial charge in [0.25, 0.3) is 0 Å². The number of hydrogen-bond donors (Lipinski definition) is 2. The summed E-state index contributed by atoms with van der Waals surface area (Å²) in [5.41, 5.74) is 0.404. The molecule has 0 saturated carbocycles. The van der Waals surface area contributed by atoms with Crippen molar-refractivity contribution in [1.29, 1.82) is 0 Å². The van der Waals surface area contributed by atoms with Gasteiger partial charge in [0.15, 0.2) is 0 Å². The lowest BCUT2D eigenvalue weighted by atomic mass is 10.3. The molecule has 0 bridgehead atoms. The monoisotopic (exact) mass is 455 g/mol. The number of benzene rings is 2. The van der Waals surface area contributed by atoms with Crippen LogP contribution in [0.2, 0.25) is 0 Å². The van der Waals surface area contributed by atoms with Gasteiger partial charge in [0, 0.05) is 31.7 Å². The summed E-state index contributed by atoms with van der Waals surface area (Å²) in [5.74, 6) is -0.987. The third-order valence-electron chi connectivity index (χ3n) is 4.61. The third-order valence-corrected chi connectivity index (χ3v) is 8.00. The largest absolute Gasteiger partial charge is 0.326 e. The van der Waals surface area contributed by atoms with E-state index in [0.717, 1.165) is 37.1 Å². The SMILES string of the molecule is O=C(CCNS(=O)(=O)c1ccc(F)cc1)Nc1ccc(S(=O)(=O)N2CCCC2)cc1. The molecule has 30 heavy (non-hydrogen) atoms. The highest BCUT2D eigenvalue weighted by Crippen LogP contribution is 2.22. The third kappa shape index (κ3) is 5.42. The molecule has 8 nitrogen and oxygen atoms in total. The molecule has 1 saturated heterocycles. The minimum atomic E-state index is -3.84. The molecule has 1 aliphatic heterocycles. The Hall–Kier alpha value is -2.34. The molecule has 0 atom stereocenters. The number of hydrogen-bond acceptors (Lipinski definition) is 5. The van der Waals surface area contributed by atoms with Crippen molar-refractivity contribution in [2.75, 3.05) is 25.0 Å². The molecule has 2 N–H and O–H groups in total. The summed E-state index contributed by atoms with van der Waals surface area (Å²) in [6.45, 7) is 0.871. The Morgan fingerprint density at radius 1 is 0.900 bits per heavy atom. The molecule has 0 unspecified atom stereocenters. The van der Waals surface area contributed by atoms with Crippen LogP contribution >= 0.6 is 0 Å². The summed E-state index contributed by atoms with van der Waals surface area (Å²) in [6.07, 6.45) is 1.56. The maximum Gasteiger partial charge on any atom is 0.243 e. The van der Waals surface area contributed by atoms with Crippen molar-refractivity contribution < 1.29 is 26.0 Å². The predicted molar refractivity (Wildman–Crippen MR) is 109 cm³/mol. The summed E-state index contributed by atoms with van der Waals surface area (Å²) in [5, 5.41) is 2.59. The van der Waals surface area contributed by atoms with Crippen LogP contribution in [0.4, 0.5) is 10.1 Å². The number of halogens is 1. The van der Waals surface area contributed by atoms with Gasteiger partial charge in [0.05, 0.1) is 9.79 Å². The molecule has 0 spiro atoms. The van der Waals surface area contributed by atoms with Crippen molar-refractivity contribution in [3.63, 3.8) is 0 Å². The number of rotatable bonds is 8. The van der Waals surface area contributed by atoms with Gasteiger partial charge in [-0.2, -0.15) is 4.31 Å². The summed E-state index contributed by atoms with van der Waals surface area (Å²) in [6, 6.07) is 10.2. The Balaban J connectivity index is 1.52. The highest BCUT2D eigenvalue weighted by molar-refractivity contribution is 7.89. The zero-order valence-electron chi connectivity index (χ0n) is 16.0. The lowest BCUT2D eigenvalue weighted by Gasteiger charge is -2.15. The smallest absolute Gasteiger partial charge is 0.243 e. The first kappa shape index (κ1) is 22.3. The van der Waals surface area contributed by atoms with Gasteiger partial charge in [0.1, 0.15) is 5.82 Å². The molecule has 2 aromatic carbocycles. The van der Waals surface area contributed by atoms with Gasteiger partial charge in [-0.1, -0.05) is 0 Å². The summed E-state index contributed by atoms with van der Waals surface area (Å²) in [4.78, 5) is 12.1. The standard InChI is InChI=1S/C19H22FN3O5S2/c20-15-3-7-17(8-4-15)29(25,26)21-12-11-19(24)22-16-5-9-18(10-6-16)30(27,28)23-13-1-2-14-23/h3-10,21H,1-2,11-14H2,(H,22,24). The Labute approximate surface area is 175 Å². The van der Waals surface area contributed by atoms with E-state index in [4.69, 9.17) is 0 Å². The van der Waals surface area contributed by atoms with Crippen molar-refractivity contribution >= 4 is 31.6 Å². The first-order chi connectivity index (χ1) is 14.2. The van der Waals surface area contributed by atoms with Crippen LogP contribution in [0.5, 0.6) is 0 Å². The van der Waals surface area contributed by atoms with Crippen LogP contribution in [0.25, 0.3) is 0 Å². The normalized spacial score (nSPS) is 15.2. The molecule has 3 rings (SSSR count). The van der Waals surface area contributed by atoms with E-state index in [2.05, 4.69) is 10.0 Å². The number of sulfonamides is 2. The van der Waals surface area contributed by atoms with Crippen LogP contribution in [0, 0.1) is 5.82 Å². The molecule has 1 fully saturated rings. The zero-order chi connectivity index (χ0) is 21.8. The van der Waals surface area contributed by atoms with Gasteiger partial charge in [-0.05, 0) is 61.4 Å². The summed E-state index contributed by atoms with van der Waals surface area (Å²) in [7, 11) is -7.37. The topological polar surface area (TPSA) is 113 Å². The zero-order valence-corrected chi connectivity index (χ0v) is 17.7. The average molecular weight is 456 g/mol. The quantitative estimate of drug-likeness (QED) is 0.632. The van der Waals surface area contributed by atoms with Crippen LogP contribution in [0.15, 0.2) is 58.3 Å². The molecule has 0 aliphatic carbocycles. The molecule has 0 aromatic heterocycles. The number of carbonyl (C=O) groups excluding carboxylic acids is 1. The van der Waals surface area contributed by atoms with E-state index in [9.17, 15) is 26.0 Å². The Kier molecular flexibility index (Phi) is 6.86. The lowest BCUT2D eigenvalue weighted by Crippen LogP contribution is -2.28. The van der Waals surface area contributed by atoms with Gasteiger partial charge in [0.2, 0.25) is 26.0 Å². The molecule has 11 heteroatoms. The minimum absolute atomic E-state index is 0.0980. The molecule has 1 heterocycles. The minimum Gasteiger partial charge on any atom is -0.326 e. The van der Waals surface area contributed by atoms with Gasteiger partial charge in [-0.15, -0.1) is 0 Å². The highest BCUT2D eigenvalue weighted by atomic mass is 32.2. The predicted octanol–water partition coefficient (Wildman–Crippen LogP) is 1.92. The van der Waals surface area contributed by atoms with E-state index in [1.807, 2.05) is 0 Å². The van der Waals surface area contributed by atoms with Crippen LogP contribution < -0.4 is 10.0 Å². The maximum absolute atomic E-state index is 12.9. The fourth-order valence-corrected chi connectivity index (χ4v) is 5.56. The van der Waals surface area contributed by atoms with Crippen LogP contribution in [0.3, 0.4) is 0 Å². The molecule has 0 radical (unpaired) electrons. The van der Waals surface area contributed by atoms with Crippen LogP contribution in [-0.2, 0) is 24.8 Å². The Morgan fingerprint density at radius 2 is 1.47 bits per heavy atom. The highest BCUT2D eigenvalue weighted by Gasteiger charge is 2.26.